The van der Waals surface area contributed by atoms with Gasteiger partial charge in [-0.05, 0) is 106 Å². The highest BCUT2D eigenvalue weighted by Crippen LogP contribution is 2.41. The molecule has 31 heavy (non-hydrogen) atoms. The summed E-state index contributed by atoms with van der Waals surface area (Å²) in [5.74, 6) is 3.89. The number of ether oxygens (including phenoxy) is 1. The van der Waals surface area contributed by atoms with Gasteiger partial charge in [-0.15, -0.1) is 0 Å². The van der Waals surface area contributed by atoms with Crippen LogP contribution in [0.2, 0.25) is 0 Å². The van der Waals surface area contributed by atoms with E-state index in [9.17, 15) is 0 Å². The Morgan fingerprint density at radius 1 is 1.19 bits per heavy atom. The minimum absolute atomic E-state index is 0.851. The van der Waals surface area contributed by atoms with Gasteiger partial charge in [0.2, 0.25) is 0 Å². The van der Waals surface area contributed by atoms with Crippen molar-refractivity contribution in [2.75, 3.05) is 33.8 Å². The summed E-state index contributed by atoms with van der Waals surface area (Å²) >= 11 is 0. The number of hydrogen-bond acceptors (Lipinski definition) is 4. The maximum atomic E-state index is 5.45. The number of rotatable bonds is 8. The fourth-order valence-corrected chi connectivity index (χ4v) is 4.95. The standard InChI is InChI=1S/C27H37N3O/c1-5-25(26-19-24(31-4)11-8-20(26)2)27-28-23(14-16-29(27)3)7-6-15-30-17-12-22(13-18-30)21-9-10-21/h5,8,11,14,16,19,21-22H,1,6-7,9-10,12-13,15,17-18H2,2-4H3/b27-25+. The molecular weight excluding hydrogens is 382 g/mol. The van der Waals surface area contributed by atoms with E-state index in [4.69, 9.17) is 9.73 Å². The van der Waals surface area contributed by atoms with E-state index in [0.717, 1.165) is 53.1 Å². The number of methoxy groups -OCH3 is 1. The highest BCUT2D eigenvalue weighted by atomic mass is 16.5. The van der Waals surface area contributed by atoms with Gasteiger partial charge >= 0.3 is 0 Å². The summed E-state index contributed by atoms with van der Waals surface area (Å²) in [5, 5.41) is 0. The van der Waals surface area contributed by atoms with Crippen molar-refractivity contribution in [3.05, 3.63) is 60.1 Å². The molecule has 2 heterocycles. The van der Waals surface area contributed by atoms with Crippen LogP contribution in [-0.2, 0) is 0 Å². The molecule has 2 aliphatic heterocycles. The van der Waals surface area contributed by atoms with E-state index in [2.05, 4.69) is 54.8 Å². The van der Waals surface area contributed by atoms with Crippen LogP contribution in [0.15, 0.2) is 53.9 Å². The van der Waals surface area contributed by atoms with Gasteiger partial charge in [0.05, 0.1) is 7.11 Å². The van der Waals surface area contributed by atoms with E-state index < -0.39 is 0 Å². The SMILES string of the molecule is C=C/C(=C1/N=C(CCCN2CCC(C3CC3)CC2)C=CN1C)c1cc(OC)ccc1C. The Labute approximate surface area is 188 Å². The fraction of sp³-hybridized carbons (Fsp3) is 0.519. The molecule has 3 aliphatic rings. The van der Waals surface area contributed by atoms with Crippen LogP contribution >= 0.6 is 0 Å². The third-order valence-electron chi connectivity index (χ3n) is 7.08. The van der Waals surface area contributed by atoms with Crippen LogP contribution in [0.5, 0.6) is 5.75 Å². The normalized spacial score (nSPS) is 21.8. The average molecular weight is 420 g/mol. The number of aryl methyl sites for hydroxylation is 1. The van der Waals surface area contributed by atoms with Crippen LogP contribution in [0.25, 0.3) is 5.57 Å². The van der Waals surface area contributed by atoms with Crippen LogP contribution < -0.4 is 4.74 Å². The van der Waals surface area contributed by atoms with Crippen LogP contribution in [0.4, 0.5) is 0 Å². The summed E-state index contributed by atoms with van der Waals surface area (Å²) in [5.41, 5.74) is 4.51. The molecule has 0 aromatic heterocycles. The Bertz CT molecular complexity index is 886. The zero-order chi connectivity index (χ0) is 21.8. The number of piperidine rings is 1. The van der Waals surface area contributed by atoms with Gasteiger partial charge in [0.1, 0.15) is 11.6 Å². The second kappa shape index (κ2) is 9.86. The summed E-state index contributed by atoms with van der Waals surface area (Å²) in [6.07, 6.45) is 14.2. The van der Waals surface area contributed by atoms with Crippen molar-refractivity contribution < 1.29 is 4.74 Å². The van der Waals surface area contributed by atoms with E-state index in [0.29, 0.717) is 0 Å². The maximum absolute atomic E-state index is 5.45. The van der Waals surface area contributed by atoms with Crippen molar-refractivity contribution in [3.8, 4) is 5.75 Å². The van der Waals surface area contributed by atoms with E-state index in [1.165, 1.54) is 50.9 Å². The van der Waals surface area contributed by atoms with Crippen molar-refractivity contribution in [1.29, 1.82) is 0 Å². The number of allylic oxidation sites excluding steroid dienone is 3. The second-order valence-electron chi connectivity index (χ2n) is 9.27. The van der Waals surface area contributed by atoms with E-state index in [1.807, 2.05) is 12.1 Å². The second-order valence-corrected chi connectivity index (χ2v) is 9.27. The molecule has 166 valence electrons. The number of benzene rings is 1. The molecule has 1 aromatic carbocycles. The number of hydrogen-bond donors (Lipinski definition) is 0. The summed E-state index contributed by atoms with van der Waals surface area (Å²) in [4.78, 5) is 9.78. The molecule has 0 unspecified atom stereocenters. The summed E-state index contributed by atoms with van der Waals surface area (Å²) < 4.78 is 5.45. The molecule has 0 amide bonds. The molecule has 1 aromatic rings. The Morgan fingerprint density at radius 3 is 2.61 bits per heavy atom. The topological polar surface area (TPSA) is 28.1 Å². The lowest BCUT2D eigenvalue weighted by molar-refractivity contribution is 0.172. The maximum Gasteiger partial charge on any atom is 0.140 e. The largest absolute Gasteiger partial charge is 0.497 e. The third-order valence-corrected chi connectivity index (χ3v) is 7.08. The van der Waals surface area contributed by atoms with E-state index in [1.54, 1.807) is 7.11 Å². The predicted octanol–water partition coefficient (Wildman–Crippen LogP) is 5.66. The van der Waals surface area contributed by atoms with Gasteiger partial charge in [0, 0.05) is 24.5 Å². The average Bonchev–Trinajstić information content (AvgIpc) is 3.63. The van der Waals surface area contributed by atoms with Gasteiger partial charge in [-0.1, -0.05) is 18.7 Å². The van der Waals surface area contributed by atoms with Gasteiger partial charge < -0.3 is 14.5 Å². The molecule has 1 saturated carbocycles. The molecule has 1 aliphatic carbocycles. The third kappa shape index (κ3) is 5.30. The molecule has 4 nitrogen and oxygen atoms in total. The fourth-order valence-electron chi connectivity index (χ4n) is 4.95. The molecule has 0 atom stereocenters. The first-order valence-electron chi connectivity index (χ1n) is 11.8. The summed E-state index contributed by atoms with van der Waals surface area (Å²) in [7, 11) is 3.75. The molecule has 0 N–H and O–H groups in total. The molecule has 4 heteroatoms. The van der Waals surface area contributed by atoms with Crippen LogP contribution in [0, 0.1) is 18.8 Å². The van der Waals surface area contributed by atoms with Gasteiger partial charge in [-0.3, -0.25) is 0 Å². The Balaban J connectivity index is 1.42. The number of aliphatic imine (C=N–C) groups is 1. The van der Waals surface area contributed by atoms with Crippen molar-refractivity contribution in [1.82, 2.24) is 9.80 Å². The molecule has 0 radical (unpaired) electrons. The minimum Gasteiger partial charge on any atom is -0.497 e. The molecule has 0 bridgehead atoms. The van der Waals surface area contributed by atoms with Crippen LogP contribution in [-0.4, -0.2) is 49.3 Å². The quantitative estimate of drug-likeness (QED) is 0.544. The lowest BCUT2D eigenvalue weighted by Gasteiger charge is -2.32. The summed E-state index contributed by atoms with van der Waals surface area (Å²) in [6, 6.07) is 6.16. The van der Waals surface area contributed by atoms with Crippen LogP contribution in [0.3, 0.4) is 0 Å². The van der Waals surface area contributed by atoms with Gasteiger partial charge in [0.15, 0.2) is 0 Å². The first-order valence-corrected chi connectivity index (χ1v) is 11.8. The van der Waals surface area contributed by atoms with E-state index >= 15 is 0 Å². The van der Waals surface area contributed by atoms with Crippen LogP contribution in [0.1, 0.15) is 49.7 Å². The number of likely N-dealkylation sites (tertiary alicyclic amines) is 1. The highest BCUT2D eigenvalue weighted by Gasteiger charge is 2.33. The smallest absolute Gasteiger partial charge is 0.140 e. The zero-order valence-electron chi connectivity index (χ0n) is 19.4. The van der Waals surface area contributed by atoms with Crippen molar-refractivity contribution in [3.63, 3.8) is 0 Å². The molecule has 4 rings (SSSR count). The zero-order valence-corrected chi connectivity index (χ0v) is 19.4. The Kier molecular flexibility index (Phi) is 6.96. The lowest BCUT2D eigenvalue weighted by Crippen LogP contribution is -2.35. The Hall–Kier alpha value is -2.33. The van der Waals surface area contributed by atoms with Crippen molar-refractivity contribution in [2.24, 2.45) is 16.8 Å². The monoisotopic (exact) mass is 419 g/mol. The molecule has 2 fully saturated rings. The van der Waals surface area contributed by atoms with Gasteiger partial charge in [-0.2, -0.15) is 0 Å². The first kappa shape index (κ1) is 21.9. The number of nitrogens with zero attached hydrogens (tertiary/aromatic N) is 3. The molecule has 0 spiro atoms. The lowest BCUT2D eigenvalue weighted by atomic mass is 9.92. The predicted molar refractivity (Wildman–Crippen MR) is 130 cm³/mol. The minimum atomic E-state index is 0.851. The van der Waals surface area contributed by atoms with Crippen molar-refractivity contribution >= 4 is 11.3 Å². The Morgan fingerprint density at radius 2 is 1.94 bits per heavy atom. The van der Waals surface area contributed by atoms with E-state index in [-0.39, 0.29) is 0 Å². The molecule has 1 saturated heterocycles. The van der Waals surface area contributed by atoms with Gasteiger partial charge in [-0.25, -0.2) is 4.99 Å². The van der Waals surface area contributed by atoms with Gasteiger partial charge in [0.25, 0.3) is 0 Å². The molecular formula is C27H37N3O. The highest BCUT2D eigenvalue weighted by molar-refractivity contribution is 5.97. The summed E-state index contributed by atoms with van der Waals surface area (Å²) in [6.45, 7) is 9.96. The first-order chi connectivity index (χ1) is 15.1. The van der Waals surface area contributed by atoms with Crippen molar-refractivity contribution in [2.45, 2.75) is 45.4 Å².